The summed E-state index contributed by atoms with van der Waals surface area (Å²) in [6.45, 7) is 5.38. The van der Waals surface area contributed by atoms with Crippen molar-refractivity contribution in [2.24, 2.45) is 0 Å². The number of nitrogens with one attached hydrogen (secondary N) is 3. The highest BCUT2D eigenvalue weighted by Gasteiger charge is 2.25. The van der Waals surface area contributed by atoms with E-state index in [9.17, 15) is 13.2 Å². The summed E-state index contributed by atoms with van der Waals surface area (Å²) in [6, 6.07) is 9.22. The highest BCUT2D eigenvalue weighted by molar-refractivity contribution is 8.07. The van der Waals surface area contributed by atoms with Crippen molar-refractivity contribution in [1.82, 2.24) is 5.32 Å². The van der Waals surface area contributed by atoms with Crippen LogP contribution in [-0.4, -0.2) is 26.0 Å². The molecule has 0 saturated heterocycles. The van der Waals surface area contributed by atoms with E-state index in [1.165, 1.54) is 0 Å². The summed E-state index contributed by atoms with van der Waals surface area (Å²) in [4.78, 5) is 12.0. The molecule has 0 spiro atoms. The number of anilines is 3. The number of nitrogens with zero attached hydrogens (tertiary/aromatic N) is 1. The number of pyridine rings is 1. The molecule has 0 aliphatic carbocycles. The second-order valence-corrected chi connectivity index (χ2v) is 8.81. The van der Waals surface area contributed by atoms with Crippen molar-refractivity contribution in [3.63, 3.8) is 0 Å². The normalized spacial score (nSPS) is 11.3. The van der Waals surface area contributed by atoms with Crippen LogP contribution in [0.25, 0.3) is 0 Å². The Morgan fingerprint density at radius 2 is 1.96 bits per heavy atom. The Hall–Kier alpha value is -2.26. The Bertz CT molecular complexity index is 915. The Kier molecular flexibility index (Phi) is 7.09. The van der Waals surface area contributed by atoms with Crippen LogP contribution < -0.4 is 19.9 Å². The number of hydrogen-bond acceptors (Lipinski definition) is 5. The van der Waals surface area contributed by atoms with Crippen LogP contribution in [0.3, 0.4) is 0 Å². The summed E-state index contributed by atoms with van der Waals surface area (Å²) in [7, 11) is -4.22. The number of rotatable bonds is 7. The lowest BCUT2D eigenvalue weighted by molar-refractivity contribution is -0.675. The minimum absolute atomic E-state index is 0.281. The van der Waals surface area contributed by atoms with Crippen LogP contribution in [-0.2, 0) is 15.9 Å². The van der Waals surface area contributed by atoms with E-state index in [-0.39, 0.29) is 6.04 Å². The van der Waals surface area contributed by atoms with Gasteiger partial charge in [-0.25, -0.2) is 0 Å². The van der Waals surface area contributed by atoms with Gasteiger partial charge in [-0.3, -0.25) is 9.52 Å². The largest absolute Gasteiger partial charge is 0.357 e. The third kappa shape index (κ3) is 6.14. The van der Waals surface area contributed by atoms with E-state index in [0.717, 1.165) is 11.3 Å². The zero-order valence-electron chi connectivity index (χ0n) is 15.8. The van der Waals surface area contributed by atoms with Crippen LogP contribution in [0.2, 0.25) is 0 Å². The minimum atomic E-state index is -4.22. The van der Waals surface area contributed by atoms with Gasteiger partial charge in [0.05, 0.1) is 5.69 Å². The molecule has 1 aromatic heterocycles. The van der Waals surface area contributed by atoms with E-state index in [1.54, 1.807) is 37.9 Å². The fourth-order valence-electron chi connectivity index (χ4n) is 2.34. The van der Waals surface area contributed by atoms with Crippen LogP contribution in [0, 0.1) is 6.92 Å². The molecule has 3 N–H and O–H groups in total. The van der Waals surface area contributed by atoms with Crippen molar-refractivity contribution in [1.29, 1.82) is 0 Å². The monoisotopic (exact) mass is 409 g/mol. The van der Waals surface area contributed by atoms with Gasteiger partial charge in [-0.15, -0.1) is 0 Å². The molecule has 1 amide bonds. The minimum Gasteiger partial charge on any atom is -0.353 e. The van der Waals surface area contributed by atoms with Gasteiger partial charge in [0, 0.05) is 17.8 Å². The number of sulfonamides is 1. The number of thioether (sulfide) groups is 1. The molecule has 0 saturated carbocycles. The first-order valence-corrected chi connectivity index (χ1v) is 11.3. The average Bonchev–Trinajstić information content (AvgIpc) is 2.56. The maximum atomic E-state index is 12.4. The number of aromatic nitrogens is 1. The SMILES string of the molecule is CSC[n+]1ccc(Nc2cccc(C)c2)c(NS(=O)(=O)C(=O)NC(C)C)c1. The number of amides is 1. The van der Waals surface area contributed by atoms with E-state index in [0.29, 0.717) is 17.3 Å². The van der Waals surface area contributed by atoms with Crippen molar-refractivity contribution in [2.75, 3.05) is 16.3 Å². The Labute approximate surface area is 164 Å². The number of hydrogen-bond donors (Lipinski definition) is 3. The molecule has 2 rings (SSSR count). The van der Waals surface area contributed by atoms with Crippen molar-refractivity contribution < 1.29 is 17.8 Å². The van der Waals surface area contributed by atoms with E-state index in [1.807, 2.05) is 48.2 Å². The molecule has 2 aromatic rings. The predicted molar refractivity (Wildman–Crippen MR) is 111 cm³/mol. The molecule has 146 valence electrons. The number of carbonyl (C=O) groups excluding carboxylic acids is 1. The van der Waals surface area contributed by atoms with Gasteiger partial charge < -0.3 is 10.6 Å². The molecule has 0 unspecified atom stereocenters. The van der Waals surface area contributed by atoms with Crippen LogP contribution in [0.5, 0.6) is 0 Å². The molecule has 0 bridgehead atoms. The number of carbonyl (C=O) groups is 1. The summed E-state index contributed by atoms with van der Waals surface area (Å²) < 4.78 is 29.0. The lowest BCUT2D eigenvalue weighted by atomic mass is 10.2. The molecule has 7 nitrogen and oxygen atoms in total. The third-order valence-electron chi connectivity index (χ3n) is 3.49. The van der Waals surface area contributed by atoms with Crippen LogP contribution >= 0.6 is 11.8 Å². The topological polar surface area (TPSA) is 91.2 Å². The average molecular weight is 410 g/mol. The maximum absolute atomic E-state index is 12.4. The fourth-order valence-corrected chi connectivity index (χ4v) is 3.74. The molecular weight excluding hydrogens is 384 g/mol. The van der Waals surface area contributed by atoms with Crippen LogP contribution in [0.1, 0.15) is 19.4 Å². The van der Waals surface area contributed by atoms with Gasteiger partial charge in [0.25, 0.3) is 0 Å². The van der Waals surface area contributed by atoms with E-state index >= 15 is 0 Å². The molecule has 27 heavy (non-hydrogen) atoms. The molecule has 0 atom stereocenters. The van der Waals surface area contributed by atoms with Crippen LogP contribution in [0.15, 0.2) is 42.7 Å². The van der Waals surface area contributed by atoms with Gasteiger partial charge in [0.1, 0.15) is 5.69 Å². The maximum Gasteiger partial charge on any atom is 0.357 e. The Morgan fingerprint density at radius 1 is 1.22 bits per heavy atom. The van der Waals surface area contributed by atoms with Crippen LogP contribution in [0.4, 0.5) is 21.9 Å². The second-order valence-electron chi connectivity index (χ2n) is 6.39. The third-order valence-corrected chi connectivity index (χ3v) is 5.14. The summed E-state index contributed by atoms with van der Waals surface area (Å²) in [5, 5.41) is 4.55. The summed E-state index contributed by atoms with van der Waals surface area (Å²) >= 11 is 1.59. The van der Waals surface area contributed by atoms with Gasteiger partial charge in [-0.2, -0.15) is 13.0 Å². The molecule has 9 heteroatoms. The van der Waals surface area contributed by atoms with E-state index < -0.39 is 15.3 Å². The summed E-state index contributed by atoms with van der Waals surface area (Å²) in [6.07, 6.45) is 5.46. The van der Waals surface area contributed by atoms with Gasteiger partial charge in [0.2, 0.25) is 0 Å². The first-order valence-electron chi connectivity index (χ1n) is 8.40. The standard InChI is InChI=1S/C18H24N4O3S2/c1-13(2)19-18(23)27(24,25)21-17-11-22(12-26-4)9-8-16(17)20-15-7-5-6-14(3)10-15/h5-11,13,21H,12H2,1-4H3,(H,19,23)/p+1. The Balaban J connectivity index is 2.36. The van der Waals surface area contributed by atoms with Gasteiger partial charge >= 0.3 is 15.3 Å². The molecule has 1 aromatic carbocycles. The van der Waals surface area contributed by atoms with Gasteiger partial charge in [-0.1, -0.05) is 23.9 Å². The van der Waals surface area contributed by atoms with Crippen molar-refractivity contribution in [3.8, 4) is 0 Å². The predicted octanol–water partition coefficient (Wildman–Crippen LogP) is 3.21. The van der Waals surface area contributed by atoms with Crippen molar-refractivity contribution in [3.05, 3.63) is 48.3 Å². The lowest BCUT2D eigenvalue weighted by Gasteiger charge is -2.14. The number of aryl methyl sites for hydroxylation is 1. The number of benzene rings is 1. The van der Waals surface area contributed by atoms with Crippen molar-refractivity contribution in [2.45, 2.75) is 32.7 Å². The zero-order chi connectivity index (χ0) is 20.0. The first-order chi connectivity index (χ1) is 12.7. The fraction of sp³-hybridized carbons (Fsp3) is 0.333. The molecule has 1 heterocycles. The quantitative estimate of drug-likeness (QED) is 0.611. The smallest absolute Gasteiger partial charge is 0.353 e. The molecule has 0 aliphatic heterocycles. The first kappa shape index (κ1) is 21.0. The molecule has 0 fully saturated rings. The Morgan fingerprint density at radius 3 is 2.59 bits per heavy atom. The van der Waals surface area contributed by atoms with Crippen molar-refractivity contribution >= 4 is 44.1 Å². The van der Waals surface area contributed by atoms with E-state index in [4.69, 9.17) is 0 Å². The van der Waals surface area contributed by atoms with E-state index in [2.05, 4.69) is 15.4 Å². The van der Waals surface area contributed by atoms with Gasteiger partial charge in [0.15, 0.2) is 18.3 Å². The zero-order valence-corrected chi connectivity index (χ0v) is 17.4. The highest BCUT2D eigenvalue weighted by atomic mass is 32.2. The highest BCUT2D eigenvalue weighted by Crippen LogP contribution is 2.25. The molecule has 0 radical (unpaired) electrons. The lowest BCUT2D eigenvalue weighted by Crippen LogP contribution is -2.38. The summed E-state index contributed by atoms with van der Waals surface area (Å²) in [5.74, 6) is 0.650. The summed E-state index contributed by atoms with van der Waals surface area (Å²) in [5.41, 5.74) is 2.75. The second kappa shape index (κ2) is 9.09. The van der Waals surface area contributed by atoms with Gasteiger partial charge in [-0.05, 0) is 44.7 Å². The molecule has 0 aliphatic rings. The molecular formula is C18H25N4O3S2+.